The third-order valence-corrected chi connectivity index (χ3v) is 5.27. The summed E-state index contributed by atoms with van der Waals surface area (Å²) in [5.41, 5.74) is -0.0971. The van der Waals surface area contributed by atoms with E-state index < -0.39 is 14.9 Å². The van der Waals surface area contributed by atoms with Crippen molar-refractivity contribution in [2.45, 2.75) is 25.3 Å². The molecule has 130 valence electrons. The van der Waals surface area contributed by atoms with Gasteiger partial charge < -0.3 is 0 Å². The Morgan fingerprint density at radius 2 is 2.17 bits per heavy atom. The molecule has 0 amide bonds. The lowest BCUT2D eigenvalue weighted by Crippen LogP contribution is -2.30. The number of benzene rings is 1. The maximum Gasteiger partial charge on any atom is 0.275 e. The largest absolute Gasteiger partial charge is 0.275 e. The van der Waals surface area contributed by atoms with Crippen molar-refractivity contribution >= 4 is 27.3 Å². The molecule has 0 aliphatic rings. The van der Waals surface area contributed by atoms with Gasteiger partial charge in [-0.15, -0.1) is 0 Å². The van der Waals surface area contributed by atoms with E-state index >= 15 is 0 Å². The monoisotopic (exact) mass is 372 g/mol. The normalized spacial score (nSPS) is 13.0. The SMILES string of the molecule is Cc1c(Cl)cc(S(=O)(=O)NC[C@@H](C)Cn2cccn2)cc1[N+](=O)[O-]. The number of nitro groups is 1. The smallest absolute Gasteiger partial charge is 0.272 e. The van der Waals surface area contributed by atoms with E-state index in [1.54, 1.807) is 23.1 Å². The quantitative estimate of drug-likeness (QED) is 0.593. The van der Waals surface area contributed by atoms with Gasteiger partial charge in [-0.3, -0.25) is 14.8 Å². The van der Waals surface area contributed by atoms with Crippen LogP contribution in [0.4, 0.5) is 5.69 Å². The minimum absolute atomic E-state index is 0.0180. The van der Waals surface area contributed by atoms with Crippen molar-refractivity contribution in [3.63, 3.8) is 0 Å². The lowest BCUT2D eigenvalue weighted by atomic mass is 10.2. The first-order chi connectivity index (χ1) is 11.2. The lowest BCUT2D eigenvalue weighted by Gasteiger charge is -2.13. The molecule has 0 unspecified atom stereocenters. The summed E-state index contributed by atoms with van der Waals surface area (Å²) < 4.78 is 28.9. The third kappa shape index (κ3) is 4.31. The van der Waals surface area contributed by atoms with Crippen molar-refractivity contribution in [1.29, 1.82) is 0 Å². The van der Waals surface area contributed by atoms with E-state index in [-0.39, 0.29) is 33.6 Å². The van der Waals surface area contributed by atoms with Crippen molar-refractivity contribution in [3.05, 3.63) is 51.3 Å². The Kier molecular flexibility index (Phi) is 5.58. The molecule has 2 aromatic rings. The van der Waals surface area contributed by atoms with Crippen molar-refractivity contribution in [3.8, 4) is 0 Å². The Morgan fingerprint density at radius 1 is 1.46 bits per heavy atom. The Bertz CT molecular complexity index is 837. The molecule has 0 aliphatic carbocycles. The van der Waals surface area contributed by atoms with E-state index in [1.807, 2.05) is 6.92 Å². The summed E-state index contributed by atoms with van der Waals surface area (Å²) in [4.78, 5) is 10.1. The first kappa shape index (κ1) is 18.4. The average molecular weight is 373 g/mol. The fourth-order valence-corrected chi connectivity index (χ4v) is 3.60. The minimum atomic E-state index is -3.90. The zero-order chi connectivity index (χ0) is 17.9. The highest BCUT2D eigenvalue weighted by Crippen LogP contribution is 2.29. The van der Waals surface area contributed by atoms with Crippen LogP contribution in [0.15, 0.2) is 35.5 Å². The summed E-state index contributed by atoms with van der Waals surface area (Å²) in [6.45, 7) is 4.05. The van der Waals surface area contributed by atoms with Crippen LogP contribution in [0.1, 0.15) is 12.5 Å². The van der Waals surface area contributed by atoms with Gasteiger partial charge in [0.1, 0.15) is 0 Å². The molecular formula is C14H17ClN4O4S. The van der Waals surface area contributed by atoms with Crippen LogP contribution in [0.5, 0.6) is 0 Å². The molecular weight excluding hydrogens is 356 g/mol. The highest BCUT2D eigenvalue weighted by Gasteiger charge is 2.22. The third-order valence-electron chi connectivity index (χ3n) is 3.48. The van der Waals surface area contributed by atoms with Crippen LogP contribution in [-0.4, -0.2) is 29.7 Å². The van der Waals surface area contributed by atoms with E-state index in [9.17, 15) is 18.5 Å². The van der Waals surface area contributed by atoms with E-state index in [0.29, 0.717) is 6.54 Å². The summed E-state index contributed by atoms with van der Waals surface area (Å²) in [6, 6.07) is 4.01. The Labute approximate surface area is 144 Å². The first-order valence-electron chi connectivity index (χ1n) is 7.12. The summed E-state index contributed by atoms with van der Waals surface area (Å²) in [5, 5.41) is 15.1. The van der Waals surface area contributed by atoms with Gasteiger partial charge in [0.25, 0.3) is 5.69 Å². The van der Waals surface area contributed by atoms with Gasteiger partial charge in [-0.2, -0.15) is 5.10 Å². The Hall–Kier alpha value is -1.97. The van der Waals surface area contributed by atoms with Crippen LogP contribution < -0.4 is 4.72 Å². The van der Waals surface area contributed by atoms with Crippen molar-refractivity contribution < 1.29 is 13.3 Å². The van der Waals surface area contributed by atoms with Crippen molar-refractivity contribution in [1.82, 2.24) is 14.5 Å². The Morgan fingerprint density at radius 3 is 2.75 bits per heavy atom. The maximum atomic E-state index is 12.4. The molecule has 0 spiro atoms. The van der Waals surface area contributed by atoms with E-state index in [1.165, 1.54) is 13.0 Å². The van der Waals surface area contributed by atoms with Gasteiger partial charge >= 0.3 is 0 Å². The van der Waals surface area contributed by atoms with Crippen LogP contribution in [0.25, 0.3) is 0 Å². The fraction of sp³-hybridized carbons (Fsp3) is 0.357. The van der Waals surface area contributed by atoms with Crippen LogP contribution in [0.3, 0.4) is 0 Å². The topological polar surface area (TPSA) is 107 Å². The van der Waals surface area contributed by atoms with Crippen LogP contribution in [0.2, 0.25) is 5.02 Å². The number of nitrogens with zero attached hydrogens (tertiary/aromatic N) is 3. The zero-order valence-electron chi connectivity index (χ0n) is 13.1. The molecule has 2 rings (SSSR count). The van der Waals surface area contributed by atoms with Gasteiger partial charge in [0.2, 0.25) is 10.0 Å². The van der Waals surface area contributed by atoms with Crippen LogP contribution in [0, 0.1) is 23.0 Å². The van der Waals surface area contributed by atoms with Crippen molar-refractivity contribution in [2.75, 3.05) is 6.54 Å². The minimum Gasteiger partial charge on any atom is -0.272 e. The number of halogens is 1. The van der Waals surface area contributed by atoms with Crippen LogP contribution >= 0.6 is 11.6 Å². The number of nitro benzene ring substituents is 1. The standard InChI is InChI=1S/C14H17ClN4O4S/c1-10(9-18-5-3-4-16-18)8-17-24(22,23)12-6-13(15)11(2)14(7-12)19(20)21/h3-7,10,17H,8-9H2,1-2H3/t10-/m1/s1. The summed E-state index contributed by atoms with van der Waals surface area (Å²) in [5.74, 6) is -0.0180. The number of aromatic nitrogens is 2. The highest BCUT2D eigenvalue weighted by molar-refractivity contribution is 7.89. The molecule has 0 aliphatic heterocycles. The second-order valence-electron chi connectivity index (χ2n) is 5.49. The van der Waals surface area contributed by atoms with Gasteiger partial charge in [-0.1, -0.05) is 18.5 Å². The molecule has 0 saturated heterocycles. The molecule has 8 nitrogen and oxygen atoms in total. The van der Waals surface area contributed by atoms with E-state index in [4.69, 9.17) is 11.6 Å². The van der Waals surface area contributed by atoms with Crippen LogP contribution in [-0.2, 0) is 16.6 Å². The molecule has 0 saturated carbocycles. The zero-order valence-corrected chi connectivity index (χ0v) is 14.7. The lowest BCUT2D eigenvalue weighted by molar-refractivity contribution is -0.385. The van der Waals surface area contributed by atoms with Gasteiger partial charge in [0.15, 0.2) is 0 Å². The number of nitrogens with one attached hydrogen (secondary N) is 1. The second-order valence-corrected chi connectivity index (χ2v) is 7.67. The molecule has 1 heterocycles. The second kappa shape index (κ2) is 7.29. The predicted octanol–water partition coefficient (Wildman–Crippen LogP) is 2.37. The molecule has 24 heavy (non-hydrogen) atoms. The fourth-order valence-electron chi connectivity index (χ4n) is 2.11. The molecule has 10 heteroatoms. The summed E-state index contributed by atoms with van der Waals surface area (Å²) in [6.07, 6.45) is 3.43. The van der Waals surface area contributed by atoms with Gasteiger partial charge in [0.05, 0.1) is 14.8 Å². The molecule has 1 N–H and O–H groups in total. The van der Waals surface area contributed by atoms with Gasteiger partial charge in [-0.25, -0.2) is 13.1 Å². The number of rotatable bonds is 7. The van der Waals surface area contributed by atoms with E-state index in [2.05, 4.69) is 9.82 Å². The number of hydrogen-bond acceptors (Lipinski definition) is 5. The van der Waals surface area contributed by atoms with Gasteiger partial charge in [0, 0.05) is 37.1 Å². The maximum absolute atomic E-state index is 12.4. The Balaban J connectivity index is 2.14. The first-order valence-corrected chi connectivity index (χ1v) is 8.98. The van der Waals surface area contributed by atoms with Crippen molar-refractivity contribution in [2.24, 2.45) is 5.92 Å². The van der Waals surface area contributed by atoms with E-state index in [0.717, 1.165) is 6.07 Å². The predicted molar refractivity (Wildman–Crippen MR) is 89.4 cm³/mol. The van der Waals surface area contributed by atoms with Gasteiger partial charge in [-0.05, 0) is 25.0 Å². The molecule has 1 aromatic carbocycles. The molecule has 0 bridgehead atoms. The molecule has 1 atom stereocenters. The number of sulfonamides is 1. The molecule has 0 fully saturated rings. The average Bonchev–Trinajstić information content (AvgIpc) is 3.00. The summed E-state index contributed by atoms with van der Waals surface area (Å²) >= 11 is 5.92. The highest BCUT2D eigenvalue weighted by atomic mass is 35.5. The molecule has 0 radical (unpaired) electrons. The molecule has 1 aromatic heterocycles. The number of hydrogen-bond donors (Lipinski definition) is 1. The summed E-state index contributed by atoms with van der Waals surface area (Å²) in [7, 11) is -3.90.